The molecular weight excluding hydrogens is 317 g/mol. The van der Waals surface area contributed by atoms with Gasteiger partial charge < -0.3 is 9.42 Å². The highest BCUT2D eigenvalue weighted by Gasteiger charge is 2.24. The molecule has 0 bridgehead atoms. The molecule has 0 saturated carbocycles. The van der Waals surface area contributed by atoms with E-state index >= 15 is 0 Å². The number of nitrogens with zero attached hydrogens (tertiary/aromatic N) is 1. The molecule has 1 heterocycles. The number of rotatable bonds is 3. The highest BCUT2D eigenvalue weighted by molar-refractivity contribution is 8.13. The summed E-state index contributed by atoms with van der Waals surface area (Å²) in [6.07, 6.45) is 1.60. The van der Waals surface area contributed by atoms with Crippen LogP contribution in [0.25, 0.3) is 10.9 Å². The summed E-state index contributed by atoms with van der Waals surface area (Å²) in [7, 11) is 0. The van der Waals surface area contributed by atoms with Crippen LogP contribution in [0.3, 0.4) is 0 Å². The lowest BCUT2D eigenvalue weighted by atomic mass is 10.1. The Kier molecular flexibility index (Phi) is 4.03. The first-order valence-electron chi connectivity index (χ1n) is 6.54. The number of fused-ring (bicyclic) bond motifs is 1. The standard InChI is InChI=1S/C16H12NO3PS/c18-16(20-21(19,22)13-8-2-1-3-9-13)14-10-4-6-12-7-5-11-17-15(12)14/h1-11H,(H,19,22). The van der Waals surface area contributed by atoms with Gasteiger partial charge in [-0.2, -0.15) is 0 Å². The summed E-state index contributed by atoms with van der Waals surface area (Å²) in [5, 5.41) is 1.26. The van der Waals surface area contributed by atoms with Crippen molar-refractivity contribution < 1.29 is 14.2 Å². The molecule has 6 heteroatoms. The van der Waals surface area contributed by atoms with E-state index in [0.29, 0.717) is 10.8 Å². The fourth-order valence-electron chi connectivity index (χ4n) is 2.10. The van der Waals surface area contributed by atoms with Crippen LogP contribution in [0.1, 0.15) is 10.4 Å². The van der Waals surface area contributed by atoms with E-state index in [1.807, 2.05) is 12.1 Å². The van der Waals surface area contributed by atoms with Crippen molar-refractivity contribution in [2.45, 2.75) is 0 Å². The van der Waals surface area contributed by atoms with Crippen LogP contribution >= 0.6 is 6.49 Å². The van der Waals surface area contributed by atoms with Gasteiger partial charge >= 0.3 is 5.97 Å². The largest absolute Gasteiger partial charge is 0.405 e. The van der Waals surface area contributed by atoms with Crippen LogP contribution in [0.4, 0.5) is 0 Å². The van der Waals surface area contributed by atoms with Gasteiger partial charge in [0.2, 0.25) is 0 Å². The summed E-state index contributed by atoms with van der Waals surface area (Å²) in [5.74, 6) is -0.668. The molecule has 3 aromatic rings. The van der Waals surface area contributed by atoms with Gasteiger partial charge in [0.1, 0.15) is 0 Å². The lowest BCUT2D eigenvalue weighted by Crippen LogP contribution is -2.12. The molecule has 1 aromatic heterocycles. The van der Waals surface area contributed by atoms with E-state index in [9.17, 15) is 9.69 Å². The van der Waals surface area contributed by atoms with Crippen LogP contribution < -0.4 is 5.30 Å². The van der Waals surface area contributed by atoms with Crippen molar-refractivity contribution in [2.75, 3.05) is 0 Å². The zero-order valence-electron chi connectivity index (χ0n) is 11.4. The van der Waals surface area contributed by atoms with Gasteiger partial charge in [0, 0.05) is 16.9 Å². The number of carbonyl (C=O) groups excluding carboxylic acids is 1. The molecule has 22 heavy (non-hydrogen) atoms. The Hall–Kier alpha value is -2.07. The van der Waals surface area contributed by atoms with Crippen LogP contribution in [0, 0.1) is 0 Å². The van der Waals surface area contributed by atoms with Gasteiger partial charge in [-0.25, -0.2) is 4.79 Å². The van der Waals surface area contributed by atoms with Gasteiger partial charge in [-0.05, 0) is 36.1 Å². The number of carbonyl (C=O) groups is 1. The first-order chi connectivity index (χ1) is 10.6. The van der Waals surface area contributed by atoms with Gasteiger partial charge in [0.05, 0.1) is 11.1 Å². The fraction of sp³-hybridized carbons (Fsp3) is 0. The Balaban J connectivity index is 1.96. The molecule has 0 saturated heterocycles. The van der Waals surface area contributed by atoms with Gasteiger partial charge in [-0.3, -0.25) is 4.98 Å². The first kappa shape index (κ1) is 14.9. The second-order valence-electron chi connectivity index (χ2n) is 4.62. The van der Waals surface area contributed by atoms with Crippen molar-refractivity contribution in [1.29, 1.82) is 0 Å². The molecule has 0 aliphatic heterocycles. The summed E-state index contributed by atoms with van der Waals surface area (Å²) in [6, 6.07) is 17.4. The van der Waals surface area contributed by atoms with Crippen LogP contribution in [0.2, 0.25) is 0 Å². The maximum atomic E-state index is 12.4. The summed E-state index contributed by atoms with van der Waals surface area (Å²) >= 11 is 5.11. The number of pyridine rings is 1. The zero-order chi connectivity index (χ0) is 15.6. The Morgan fingerprint density at radius 1 is 1.05 bits per heavy atom. The number of aromatic nitrogens is 1. The summed E-state index contributed by atoms with van der Waals surface area (Å²) in [6.45, 7) is -3.39. The molecule has 1 N–H and O–H groups in total. The monoisotopic (exact) mass is 329 g/mol. The van der Waals surface area contributed by atoms with Gasteiger partial charge in [-0.1, -0.05) is 36.4 Å². The maximum Gasteiger partial charge on any atom is 0.345 e. The Labute approximate surface area is 132 Å². The molecule has 3 rings (SSSR count). The molecule has 0 amide bonds. The summed E-state index contributed by atoms with van der Waals surface area (Å²) < 4.78 is 5.22. The third kappa shape index (κ3) is 2.92. The highest BCUT2D eigenvalue weighted by Crippen LogP contribution is 2.42. The molecule has 2 aromatic carbocycles. The molecule has 110 valence electrons. The third-order valence-electron chi connectivity index (χ3n) is 3.14. The van der Waals surface area contributed by atoms with Crippen LogP contribution in [0.15, 0.2) is 66.9 Å². The van der Waals surface area contributed by atoms with Gasteiger partial charge in [0.15, 0.2) is 0 Å². The lowest BCUT2D eigenvalue weighted by molar-refractivity contribution is 0.0743. The predicted molar refractivity (Wildman–Crippen MR) is 89.7 cm³/mol. The van der Waals surface area contributed by atoms with E-state index in [0.717, 1.165) is 5.39 Å². The summed E-state index contributed by atoms with van der Waals surface area (Å²) in [4.78, 5) is 26.9. The topological polar surface area (TPSA) is 59.4 Å². The van der Waals surface area contributed by atoms with Crippen LogP contribution in [0.5, 0.6) is 0 Å². The second-order valence-corrected chi connectivity index (χ2v) is 7.84. The highest BCUT2D eigenvalue weighted by atomic mass is 32.5. The van der Waals surface area contributed by atoms with E-state index in [1.165, 1.54) is 0 Å². The van der Waals surface area contributed by atoms with E-state index in [2.05, 4.69) is 4.98 Å². The van der Waals surface area contributed by atoms with E-state index in [4.69, 9.17) is 16.3 Å². The maximum absolute atomic E-state index is 12.4. The minimum Gasteiger partial charge on any atom is -0.405 e. The van der Waals surface area contributed by atoms with E-state index < -0.39 is 12.5 Å². The van der Waals surface area contributed by atoms with Crippen molar-refractivity contribution in [3.05, 3.63) is 72.4 Å². The Bertz CT molecular complexity index is 877. The third-order valence-corrected chi connectivity index (χ3v) is 5.36. The molecule has 1 unspecified atom stereocenters. The minimum absolute atomic E-state index is 0.289. The average Bonchev–Trinajstić information content (AvgIpc) is 2.54. The average molecular weight is 329 g/mol. The van der Waals surface area contributed by atoms with Crippen molar-refractivity contribution in [2.24, 2.45) is 0 Å². The SMILES string of the molecule is O=C(OP(O)(=S)c1ccccc1)c1cccc2cccnc12. The minimum atomic E-state index is -3.39. The molecule has 4 nitrogen and oxygen atoms in total. The second kappa shape index (κ2) is 5.97. The molecule has 0 spiro atoms. The van der Waals surface area contributed by atoms with Crippen LogP contribution in [-0.2, 0) is 16.3 Å². The number of para-hydroxylation sites is 1. The van der Waals surface area contributed by atoms with Crippen molar-refractivity contribution in [3.8, 4) is 0 Å². The van der Waals surface area contributed by atoms with Crippen molar-refractivity contribution in [3.63, 3.8) is 0 Å². The number of hydrogen-bond acceptors (Lipinski definition) is 4. The van der Waals surface area contributed by atoms with E-state index in [1.54, 1.807) is 54.7 Å². The molecule has 0 aliphatic rings. The van der Waals surface area contributed by atoms with Gasteiger partial charge in [-0.15, -0.1) is 0 Å². The normalized spacial score (nSPS) is 13.5. The molecule has 1 atom stereocenters. The van der Waals surface area contributed by atoms with E-state index in [-0.39, 0.29) is 5.56 Å². The Morgan fingerprint density at radius 3 is 2.55 bits per heavy atom. The zero-order valence-corrected chi connectivity index (χ0v) is 13.1. The quantitative estimate of drug-likeness (QED) is 0.749. The number of hydrogen-bond donors (Lipinski definition) is 1. The lowest BCUT2D eigenvalue weighted by Gasteiger charge is -2.16. The van der Waals surface area contributed by atoms with Crippen molar-refractivity contribution >= 4 is 40.5 Å². The molecule has 0 radical (unpaired) electrons. The number of benzene rings is 2. The summed E-state index contributed by atoms with van der Waals surface area (Å²) in [5.41, 5.74) is 0.815. The van der Waals surface area contributed by atoms with Crippen LogP contribution in [-0.4, -0.2) is 15.8 Å². The first-order valence-corrected chi connectivity index (χ1v) is 9.21. The predicted octanol–water partition coefficient (Wildman–Crippen LogP) is 3.02. The smallest absolute Gasteiger partial charge is 0.345 e. The van der Waals surface area contributed by atoms with Gasteiger partial charge in [0.25, 0.3) is 6.49 Å². The molecule has 0 fully saturated rings. The molecule has 0 aliphatic carbocycles. The molecular formula is C16H12NO3PS. The van der Waals surface area contributed by atoms with Crippen molar-refractivity contribution in [1.82, 2.24) is 4.98 Å². The fourth-order valence-corrected chi connectivity index (χ4v) is 3.65. The Morgan fingerprint density at radius 2 is 1.77 bits per heavy atom.